The summed E-state index contributed by atoms with van der Waals surface area (Å²) in [5.74, 6) is 0.179. The number of aromatic amines is 1. The van der Waals surface area contributed by atoms with E-state index in [0.717, 1.165) is 16.8 Å². The third kappa shape index (κ3) is 4.22. The smallest absolute Gasteiger partial charge is 0.355 e. The minimum atomic E-state index is -0.409. The third-order valence-electron chi connectivity index (χ3n) is 4.42. The molecule has 0 aromatic carbocycles. The summed E-state index contributed by atoms with van der Waals surface area (Å²) in [5.41, 5.74) is 2.82. The number of amides is 1. The van der Waals surface area contributed by atoms with Crippen LogP contribution in [0.3, 0.4) is 0 Å². The van der Waals surface area contributed by atoms with Crippen molar-refractivity contribution in [3.05, 3.63) is 69.2 Å². The van der Waals surface area contributed by atoms with Crippen LogP contribution >= 0.6 is 15.9 Å². The molecule has 0 radical (unpaired) electrons. The van der Waals surface area contributed by atoms with Crippen molar-refractivity contribution in [3.63, 3.8) is 0 Å². The molecule has 3 aromatic rings. The van der Waals surface area contributed by atoms with E-state index in [4.69, 9.17) is 13.6 Å². The topological polar surface area (TPSA) is 88.7 Å². The number of aryl methyl sites for hydroxylation is 1. The van der Waals surface area contributed by atoms with Crippen LogP contribution in [0.5, 0.6) is 0 Å². The van der Waals surface area contributed by atoms with Crippen molar-refractivity contribution in [2.75, 3.05) is 6.61 Å². The van der Waals surface area contributed by atoms with Crippen LogP contribution in [0.4, 0.5) is 0 Å². The number of rotatable bonds is 7. The zero-order valence-corrected chi connectivity index (χ0v) is 17.5. The number of carbonyl (C=O) groups is 2. The maximum atomic E-state index is 13.0. The van der Waals surface area contributed by atoms with E-state index < -0.39 is 5.97 Å². The first kappa shape index (κ1) is 20.0. The van der Waals surface area contributed by atoms with Crippen LogP contribution in [0, 0.1) is 13.8 Å². The van der Waals surface area contributed by atoms with Gasteiger partial charge in [-0.1, -0.05) is 0 Å². The molecule has 0 bridgehead atoms. The number of furan rings is 2. The lowest BCUT2D eigenvalue weighted by atomic mass is 10.1. The second kappa shape index (κ2) is 8.52. The summed E-state index contributed by atoms with van der Waals surface area (Å²) >= 11 is 3.22. The molecule has 8 heteroatoms. The monoisotopic (exact) mass is 448 g/mol. The minimum absolute atomic E-state index is 0.217. The quantitative estimate of drug-likeness (QED) is 0.533. The van der Waals surface area contributed by atoms with Gasteiger partial charge < -0.3 is 23.5 Å². The second-order valence-electron chi connectivity index (χ2n) is 6.29. The summed E-state index contributed by atoms with van der Waals surface area (Å²) in [4.78, 5) is 29.9. The summed E-state index contributed by atoms with van der Waals surface area (Å²) < 4.78 is 16.4. The first-order chi connectivity index (χ1) is 13.4. The molecule has 0 spiro atoms. The molecule has 7 nitrogen and oxygen atoms in total. The Morgan fingerprint density at radius 3 is 2.61 bits per heavy atom. The number of hydrogen-bond acceptors (Lipinski definition) is 5. The molecule has 0 aliphatic rings. The van der Waals surface area contributed by atoms with Gasteiger partial charge in [0.1, 0.15) is 11.5 Å². The molecule has 0 fully saturated rings. The van der Waals surface area contributed by atoms with Gasteiger partial charge in [0.25, 0.3) is 5.91 Å². The van der Waals surface area contributed by atoms with Gasteiger partial charge in [-0.05, 0) is 72.1 Å². The Morgan fingerprint density at radius 1 is 1.21 bits per heavy atom. The molecule has 0 saturated heterocycles. The Labute approximate surface area is 170 Å². The van der Waals surface area contributed by atoms with Crippen LogP contribution in [0.2, 0.25) is 0 Å². The van der Waals surface area contributed by atoms with E-state index in [0.29, 0.717) is 22.7 Å². The molecule has 148 valence electrons. The van der Waals surface area contributed by atoms with Crippen LogP contribution in [0.1, 0.15) is 50.5 Å². The van der Waals surface area contributed by atoms with Crippen molar-refractivity contribution >= 4 is 27.8 Å². The van der Waals surface area contributed by atoms with E-state index in [9.17, 15) is 9.59 Å². The molecular weight excluding hydrogens is 428 g/mol. The van der Waals surface area contributed by atoms with Gasteiger partial charge in [0.05, 0.1) is 19.4 Å². The molecule has 28 heavy (non-hydrogen) atoms. The summed E-state index contributed by atoms with van der Waals surface area (Å²) in [6, 6.07) is 6.86. The zero-order chi connectivity index (χ0) is 20.3. The van der Waals surface area contributed by atoms with Crippen molar-refractivity contribution in [1.29, 1.82) is 0 Å². The molecule has 3 heterocycles. The molecule has 0 saturated carbocycles. The molecule has 1 amide bonds. The molecular formula is C20H21BrN2O5. The Balaban J connectivity index is 1.91. The Morgan fingerprint density at radius 2 is 2.00 bits per heavy atom. The average Bonchev–Trinajstić information content (AvgIpc) is 3.38. The molecule has 1 N–H and O–H groups in total. The number of nitrogens with zero attached hydrogens (tertiary/aromatic N) is 1. The van der Waals surface area contributed by atoms with Crippen LogP contribution in [-0.2, 0) is 17.8 Å². The molecule has 3 aromatic heterocycles. The summed E-state index contributed by atoms with van der Waals surface area (Å²) in [5, 5.41) is 0. The highest BCUT2D eigenvalue weighted by atomic mass is 79.9. The van der Waals surface area contributed by atoms with E-state index in [1.165, 1.54) is 0 Å². The number of aromatic nitrogens is 1. The lowest BCUT2D eigenvalue weighted by molar-refractivity contribution is 0.0519. The SMILES string of the molecule is CCOC(=O)c1[nH]c(C)c(CN(Cc2ccco2)C(=O)c2ccc(Br)o2)c1C. The van der Waals surface area contributed by atoms with Crippen LogP contribution < -0.4 is 0 Å². The van der Waals surface area contributed by atoms with Crippen LogP contribution in [0.25, 0.3) is 0 Å². The van der Waals surface area contributed by atoms with Gasteiger partial charge in [-0.3, -0.25) is 4.79 Å². The Kier molecular flexibility index (Phi) is 6.08. The first-order valence-corrected chi connectivity index (χ1v) is 9.62. The van der Waals surface area contributed by atoms with Crippen LogP contribution in [-0.4, -0.2) is 28.4 Å². The van der Waals surface area contributed by atoms with E-state index in [1.54, 1.807) is 42.4 Å². The minimum Gasteiger partial charge on any atom is -0.467 e. The van der Waals surface area contributed by atoms with E-state index >= 15 is 0 Å². The van der Waals surface area contributed by atoms with Crippen molar-refractivity contribution in [2.24, 2.45) is 0 Å². The third-order valence-corrected chi connectivity index (χ3v) is 4.85. The fourth-order valence-electron chi connectivity index (χ4n) is 3.00. The number of halogens is 1. The molecule has 0 atom stereocenters. The van der Waals surface area contributed by atoms with Gasteiger partial charge in [-0.2, -0.15) is 0 Å². The Hall–Kier alpha value is -2.74. The number of ether oxygens (including phenoxy) is 1. The first-order valence-electron chi connectivity index (χ1n) is 8.82. The van der Waals surface area contributed by atoms with Gasteiger partial charge in [0.15, 0.2) is 10.4 Å². The lowest BCUT2D eigenvalue weighted by Crippen LogP contribution is -2.30. The van der Waals surface area contributed by atoms with E-state index in [1.807, 2.05) is 13.8 Å². The van der Waals surface area contributed by atoms with Crippen LogP contribution in [0.15, 0.2) is 44.0 Å². The number of H-pyrrole nitrogens is 1. The van der Waals surface area contributed by atoms with Crippen molar-refractivity contribution in [2.45, 2.75) is 33.9 Å². The normalized spacial score (nSPS) is 10.9. The van der Waals surface area contributed by atoms with Gasteiger partial charge in [0, 0.05) is 12.2 Å². The second-order valence-corrected chi connectivity index (χ2v) is 7.07. The zero-order valence-electron chi connectivity index (χ0n) is 15.9. The number of carbonyl (C=O) groups excluding carboxylic acids is 2. The van der Waals surface area contributed by atoms with E-state index in [-0.39, 0.29) is 24.8 Å². The maximum absolute atomic E-state index is 13.0. The number of nitrogens with one attached hydrogen (secondary N) is 1. The highest BCUT2D eigenvalue weighted by Gasteiger charge is 2.25. The Bertz CT molecular complexity index is 971. The largest absolute Gasteiger partial charge is 0.467 e. The summed E-state index contributed by atoms with van der Waals surface area (Å²) in [7, 11) is 0. The van der Waals surface area contributed by atoms with E-state index in [2.05, 4.69) is 20.9 Å². The average molecular weight is 449 g/mol. The molecule has 3 rings (SSSR count). The summed E-state index contributed by atoms with van der Waals surface area (Å²) in [6.07, 6.45) is 1.56. The van der Waals surface area contributed by atoms with Gasteiger partial charge in [-0.25, -0.2) is 4.79 Å². The summed E-state index contributed by atoms with van der Waals surface area (Å²) in [6.45, 7) is 6.31. The molecule has 0 aliphatic heterocycles. The fourth-order valence-corrected chi connectivity index (χ4v) is 3.31. The van der Waals surface area contributed by atoms with Crippen molar-refractivity contribution in [1.82, 2.24) is 9.88 Å². The number of hydrogen-bond donors (Lipinski definition) is 1. The number of esters is 1. The highest BCUT2D eigenvalue weighted by Crippen LogP contribution is 2.24. The standard InChI is InChI=1S/C20H21BrN2O5/c1-4-26-20(25)18-12(2)15(13(3)22-18)11-23(10-14-6-5-9-27-14)19(24)16-7-8-17(21)28-16/h5-9,22H,4,10-11H2,1-3H3. The molecule has 0 unspecified atom stereocenters. The van der Waals surface area contributed by atoms with Crippen molar-refractivity contribution < 1.29 is 23.2 Å². The van der Waals surface area contributed by atoms with Gasteiger partial charge in [-0.15, -0.1) is 0 Å². The van der Waals surface area contributed by atoms with Gasteiger partial charge >= 0.3 is 5.97 Å². The molecule has 0 aliphatic carbocycles. The fraction of sp³-hybridized carbons (Fsp3) is 0.300. The van der Waals surface area contributed by atoms with Crippen molar-refractivity contribution in [3.8, 4) is 0 Å². The predicted molar refractivity (Wildman–Crippen MR) is 105 cm³/mol. The van der Waals surface area contributed by atoms with Gasteiger partial charge in [0.2, 0.25) is 0 Å². The maximum Gasteiger partial charge on any atom is 0.355 e. The predicted octanol–water partition coefficient (Wildman–Crippen LogP) is 4.60. The highest BCUT2D eigenvalue weighted by molar-refractivity contribution is 9.10. The lowest BCUT2D eigenvalue weighted by Gasteiger charge is -2.21.